The minimum Gasteiger partial charge on any atom is -0.457 e. The number of hydrogen-bond acceptors (Lipinski definition) is 2. The second-order valence-corrected chi connectivity index (χ2v) is 15.3. The van der Waals surface area contributed by atoms with Crippen LogP contribution in [0.2, 0.25) is 0 Å². The first-order chi connectivity index (χ1) is 30.6. The summed E-state index contributed by atoms with van der Waals surface area (Å²) < 4.78 is 6.36. The van der Waals surface area contributed by atoms with Gasteiger partial charge in [-0.1, -0.05) is 202 Å². The van der Waals surface area contributed by atoms with Crippen LogP contribution < -0.4 is 4.90 Å². The number of furan rings is 1. The molecule has 62 heavy (non-hydrogen) atoms. The van der Waals surface area contributed by atoms with Gasteiger partial charge in [-0.3, -0.25) is 0 Å². The molecule has 0 saturated carbocycles. The number of benzene rings is 5. The van der Waals surface area contributed by atoms with Gasteiger partial charge in [-0.15, -0.1) is 0 Å². The lowest BCUT2D eigenvalue weighted by Gasteiger charge is -2.31. The standard InChI is InChI=1S/C60H51NO/c1-4-7-9-12-18-45-24-26-47(27-25-45)50-32-36-53(37-33-50)61(54-38-34-51(35-39-54)49-30-28-48(29-31-49)46-19-13-10-14-20-46)55-40-42-57(59(44-55)52-21-15-11-16-22-52)58(17-6-3)60-43-41-56(62-60)23-8-5-2/h4-24,26-34,36-38,40-45H,1-3,25,35,39H2/b9-7-,18-12+,23-8-,58-17-. The molecule has 1 heterocycles. The number of anilines is 2. The van der Waals surface area contributed by atoms with E-state index in [1.807, 2.05) is 48.6 Å². The Hall–Kier alpha value is -7.68. The molecule has 0 spiro atoms. The Bertz CT molecular complexity index is 2780. The predicted molar refractivity (Wildman–Crippen MR) is 267 cm³/mol. The van der Waals surface area contributed by atoms with Crippen molar-refractivity contribution < 1.29 is 4.42 Å². The zero-order chi connectivity index (χ0) is 42.5. The van der Waals surface area contributed by atoms with Crippen molar-refractivity contribution in [2.75, 3.05) is 4.90 Å². The van der Waals surface area contributed by atoms with Crippen LogP contribution in [-0.4, -0.2) is 0 Å². The second kappa shape index (κ2) is 20.1. The third-order valence-electron chi connectivity index (χ3n) is 11.3. The van der Waals surface area contributed by atoms with E-state index < -0.39 is 0 Å². The zero-order valence-electron chi connectivity index (χ0n) is 35.1. The maximum atomic E-state index is 6.36. The maximum absolute atomic E-state index is 6.36. The van der Waals surface area contributed by atoms with Gasteiger partial charge in [-0.2, -0.15) is 0 Å². The van der Waals surface area contributed by atoms with E-state index in [1.165, 1.54) is 39.1 Å². The van der Waals surface area contributed by atoms with Crippen LogP contribution in [-0.2, 0) is 0 Å². The van der Waals surface area contributed by atoms with Gasteiger partial charge in [0.1, 0.15) is 11.5 Å². The van der Waals surface area contributed by atoms with Crippen LogP contribution in [0.3, 0.4) is 0 Å². The molecule has 0 bridgehead atoms. The molecule has 0 fully saturated rings. The van der Waals surface area contributed by atoms with Gasteiger partial charge in [0.05, 0.1) is 0 Å². The summed E-state index contributed by atoms with van der Waals surface area (Å²) in [5.74, 6) is 1.92. The lowest BCUT2D eigenvalue weighted by molar-refractivity contribution is 0.544. The summed E-state index contributed by atoms with van der Waals surface area (Å²) in [6.45, 7) is 11.7. The van der Waals surface area contributed by atoms with Gasteiger partial charge < -0.3 is 9.32 Å². The van der Waals surface area contributed by atoms with Gasteiger partial charge in [0.25, 0.3) is 0 Å². The molecule has 0 saturated heterocycles. The molecular weight excluding hydrogens is 751 g/mol. The first-order valence-electron chi connectivity index (χ1n) is 21.3. The van der Waals surface area contributed by atoms with Crippen molar-refractivity contribution in [3.05, 3.63) is 278 Å². The second-order valence-electron chi connectivity index (χ2n) is 15.3. The lowest BCUT2D eigenvalue weighted by Crippen LogP contribution is -2.18. The summed E-state index contributed by atoms with van der Waals surface area (Å²) in [5, 5.41) is 0. The Balaban J connectivity index is 1.18. The predicted octanol–water partition coefficient (Wildman–Crippen LogP) is 16.6. The molecule has 2 aliphatic rings. The highest BCUT2D eigenvalue weighted by Crippen LogP contribution is 2.42. The van der Waals surface area contributed by atoms with Crippen LogP contribution in [0.5, 0.6) is 0 Å². The van der Waals surface area contributed by atoms with Crippen LogP contribution in [0.1, 0.15) is 47.5 Å². The Kier molecular flexibility index (Phi) is 13.3. The fraction of sp³-hybridized carbons (Fsp3) is 0.0667. The molecule has 0 amide bonds. The molecule has 0 N–H and O–H groups in total. The van der Waals surface area contributed by atoms with Gasteiger partial charge in [0.15, 0.2) is 0 Å². The van der Waals surface area contributed by atoms with Crippen molar-refractivity contribution in [3.63, 3.8) is 0 Å². The minimum absolute atomic E-state index is 0.383. The Morgan fingerprint density at radius 3 is 1.97 bits per heavy atom. The molecule has 8 rings (SSSR count). The zero-order valence-corrected chi connectivity index (χ0v) is 35.1. The molecule has 6 aromatic rings. The van der Waals surface area contributed by atoms with Crippen LogP contribution in [0.4, 0.5) is 11.4 Å². The molecule has 0 aliphatic heterocycles. The fourth-order valence-electron chi connectivity index (χ4n) is 8.12. The van der Waals surface area contributed by atoms with E-state index in [-0.39, 0.29) is 0 Å². The van der Waals surface area contributed by atoms with E-state index in [0.717, 1.165) is 64.4 Å². The molecule has 2 heteroatoms. The van der Waals surface area contributed by atoms with Crippen molar-refractivity contribution in [2.24, 2.45) is 5.92 Å². The smallest absolute Gasteiger partial charge is 0.135 e. The molecule has 2 nitrogen and oxygen atoms in total. The van der Waals surface area contributed by atoms with Gasteiger partial charge in [-0.05, 0) is 124 Å². The van der Waals surface area contributed by atoms with Crippen molar-refractivity contribution in [1.29, 1.82) is 0 Å². The molecule has 1 aromatic heterocycles. The third kappa shape index (κ3) is 9.68. The largest absolute Gasteiger partial charge is 0.457 e. The average Bonchev–Trinajstić information content (AvgIpc) is 3.81. The van der Waals surface area contributed by atoms with E-state index in [0.29, 0.717) is 5.92 Å². The van der Waals surface area contributed by atoms with Crippen molar-refractivity contribution in [2.45, 2.75) is 19.3 Å². The number of nitrogens with zero attached hydrogens (tertiary/aromatic N) is 1. The average molecular weight is 802 g/mol. The van der Waals surface area contributed by atoms with E-state index in [4.69, 9.17) is 4.42 Å². The van der Waals surface area contributed by atoms with Crippen molar-refractivity contribution in [1.82, 2.24) is 0 Å². The van der Waals surface area contributed by atoms with Crippen molar-refractivity contribution in [3.8, 4) is 22.3 Å². The normalized spacial score (nSPS) is 15.4. The van der Waals surface area contributed by atoms with Crippen LogP contribution in [0.15, 0.2) is 254 Å². The molecule has 0 radical (unpaired) electrons. The first kappa shape index (κ1) is 41.1. The molecular formula is C60H51NO. The summed E-state index contributed by atoms with van der Waals surface area (Å²) >= 11 is 0. The highest BCUT2D eigenvalue weighted by molar-refractivity contribution is 5.91. The molecule has 2 aliphatic carbocycles. The summed E-state index contributed by atoms with van der Waals surface area (Å²) in [4.78, 5) is 2.43. The summed E-state index contributed by atoms with van der Waals surface area (Å²) in [5.41, 5.74) is 15.2. The number of allylic oxidation sites excluding steroid dienone is 17. The minimum atomic E-state index is 0.383. The SMILES string of the molecule is C=C/C=C\C=C\C1C=CC(c2ccc(N(C3=CC=C(c4ccc(-c5ccccc5)cc4)CC3)c3ccc(/C(=C/C=C)c4ccc(/C=C\C=C)o4)c(-c4ccccc4)c3)cc2)=CC1. The Morgan fingerprint density at radius 2 is 1.29 bits per heavy atom. The first-order valence-corrected chi connectivity index (χ1v) is 21.3. The molecule has 1 atom stereocenters. The van der Waals surface area contributed by atoms with E-state index in [2.05, 4.69) is 195 Å². The summed E-state index contributed by atoms with van der Waals surface area (Å²) in [6, 6.07) is 50.0. The lowest BCUT2D eigenvalue weighted by atomic mass is 9.91. The van der Waals surface area contributed by atoms with Gasteiger partial charge in [0, 0.05) is 22.6 Å². The maximum Gasteiger partial charge on any atom is 0.135 e. The summed E-state index contributed by atoms with van der Waals surface area (Å²) in [7, 11) is 0. The van der Waals surface area contributed by atoms with E-state index >= 15 is 0 Å². The van der Waals surface area contributed by atoms with Crippen molar-refractivity contribution >= 4 is 34.2 Å². The Morgan fingerprint density at radius 1 is 0.597 bits per heavy atom. The Labute approximate surface area is 367 Å². The molecule has 5 aromatic carbocycles. The fourth-order valence-corrected chi connectivity index (χ4v) is 8.12. The van der Waals surface area contributed by atoms with Gasteiger partial charge in [-0.25, -0.2) is 0 Å². The highest BCUT2D eigenvalue weighted by Gasteiger charge is 2.22. The van der Waals surface area contributed by atoms with Crippen LogP contribution in [0.25, 0.3) is 45.0 Å². The van der Waals surface area contributed by atoms with Crippen LogP contribution in [0, 0.1) is 5.92 Å². The third-order valence-corrected chi connectivity index (χ3v) is 11.3. The quantitative estimate of drug-likeness (QED) is 0.0962. The number of hydrogen-bond donors (Lipinski definition) is 0. The molecule has 1 unspecified atom stereocenters. The topological polar surface area (TPSA) is 16.4 Å². The molecule has 302 valence electrons. The highest BCUT2D eigenvalue weighted by atomic mass is 16.3. The van der Waals surface area contributed by atoms with E-state index in [1.54, 1.807) is 12.2 Å². The van der Waals surface area contributed by atoms with E-state index in [9.17, 15) is 0 Å². The monoisotopic (exact) mass is 801 g/mol. The van der Waals surface area contributed by atoms with Crippen LogP contribution >= 0.6 is 0 Å². The number of rotatable bonds is 15. The van der Waals surface area contributed by atoms with Gasteiger partial charge >= 0.3 is 0 Å². The van der Waals surface area contributed by atoms with Gasteiger partial charge in [0.2, 0.25) is 0 Å². The summed E-state index contributed by atoms with van der Waals surface area (Å²) in [6.07, 6.45) is 33.8.